The lowest BCUT2D eigenvalue weighted by molar-refractivity contribution is 0.337. The molecule has 0 unspecified atom stereocenters. The number of rotatable bonds is 3. The summed E-state index contributed by atoms with van der Waals surface area (Å²) < 4.78 is 6.28. The molecule has 0 aliphatic rings. The standard InChI is InChI=1S/C17H13BrN2O2/c1-11-2-4-12(5-3-11)16-20-15(17(21)22-16)10-19-14-8-6-13(18)7-9-14/h2-10,21H,1H3. The number of aryl methyl sites for hydroxylation is 1. The fourth-order valence-electron chi connectivity index (χ4n) is 1.89. The van der Waals surface area contributed by atoms with Crippen LogP contribution in [0.15, 0.2) is 62.4 Å². The van der Waals surface area contributed by atoms with Crippen molar-refractivity contribution >= 4 is 27.8 Å². The summed E-state index contributed by atoms with van der Waals surface area (Å²) in [5.41, 5.74) is 3.03. The maximum atomic E-state index is 9.84. The number of hydrogen-bond acceptors (Lipinski definition) is 4. The minimum absolute atomic E-state index is 0.239. The smallest absolute Gasteiger partial charge is 0.312 e. The first-order valence-electron chi connectivity index (χ1n) is 6.68. The van der Waals surface area contributed by atoms with Gasteiger partial charge < -0.3 is 9.52 Å². The second kappa shape index (κ2) is 6.15. The van der Waals surface area contributed by atoms with Crippen molar-refractivity contribution in [1.29, 1.82) is 0 Å². The van der Waals surface area contributed by atoms with E-state index >= 15 is 0 Å². The van der Waals surface area contributed by atoms with E-state index in [-0.39, 0.29) is 5.95 Å². The second-order valence-electron chi connectivity index (χ2n) is 4.81. The lowest BCUT2D eigenvalue weighted by Gasteiger charge is -1.95. The molecule has 1 heterocycles. The molecule has 4 nitrogen and oxygen atoms in total. The van der Waals surface area contributed by atoms with Gasteiger partial charge in [-0.2, -0.15) is 0 Å². The van der Waals surface area contributed by atoms with E-state index in [0.717, 1.165) is 21.3 Å². The molecule has 3 rings (SSSR count). The maximum absolute atomic E-state index is 9.84. The fraction of sp³-hybridized carbons (Fsp3) is 0.0588. The first-order valence-corrected chi connectivity index (χ1v) is 7.47. The van der Waals surface area contributed by atoms with Gasteiger partial charge >= 0.3 is 5.95 Å². The summed E-state index contributed by atoms with van der Waals surface area (Å²) in [5, 5.41) is 9.84. The van der Waals surface area contributed by atoms with Crippen molar-refractivity contribution in [1.82, 2.24) is 4.98 Å². The predicted molar refractivity (Wildman–Crippen MR) is 89.7 cm³/mol. The van der Waals surface area contributed by atoms with E-state index in [9.17, 15) is 5.11 Å². The average molecular weight is 357 g/mol. The monoisotopic (exact) mass is 356 g/mol. The Balaban J connectivity index is 1.86. The van der Waals surface area contributed by atoms with Crippen LogP contribution in [0.5, 0.6) is 5.95 Å². The van der Waals surface area contributed by atoms with Gasteiger partial charge in [-0.05, 0) is 43.3 Å². The third-order valence-corrected chi connectivity index (χ3v) is 3.62. The minimum atomic E-state index is -0.239. The van der Waals surface area contributed by atoms with E-state index in [1.165, 1.54) is 6.21 Å². The Hall–Kier alpha value is -2.40. The van der Waals surface area contributed by atoms with Gasteiger partial charge in [0.25, 0.3) is 0 Å². The van der Waals surface area contributed by atoms with Gasteiger partial charge in [0.1, 0.15) is 0 Å². The summed E-state index contributed by atoms with van der Waals surface area (Å²) in [7, 11) is 0. The van der Waals surface area contributed by atoms with Gasteiger partial charge in [-0.25, -0.2) is 4.98 Å². The first-order chi connectivity index (χ1) is 10.6. The first kappa shape index (κ1) is 14.5. The molecule has 0 amide bonds. The van der Waals surface area contributed by atoms with Gasteiger partial charge in [0.15, 0.2) is 5.69 Å². The maximum Gasteiger partial charge on any atom is 0.312 e. The molecule has 0 saturated heterocycles. The zero-order valence-electron chi connectivity index (χ0n) is 11.8. The van der Waals surface area contributed by atoms with Crippen molar-refractivity contribution in [3.05, 3.63) is 64.3 Å². The van der Waals surface area contributed by atoms with Crippen molar-refractivity contribution in [2.24, 2.45) is 4.99 Å². The van der Waals surface area contributed by atoms with E-state index in [1.807, 2.05) is 55.5 Å². The van der Waals surface area contributed by atoms with Crippen LogP contribution in [0.25, 0.3) is 11.5 Å². The Morgan fingerprint density at radius 2 is 1.77 bits per heavy atom. The number of nitrogens with zero attached hydrogens (tertiary/aromatic N) is 2. The van der Waals surface area contributed by atoms with Crippen LogP contribution >= 0.6 is 15.9 Å². The van der Waals surface area contributed by atoms with E-state index in [2.05, 4.69) is 25.9 Å². The highest BCUT2D eigenvalue weighted by Crippen LogP contribution is 2.26. The van der Waals surface area contributed by atoms with E-state index in [4.69, 9.17) is 4.42 Å². The normalized spacial score (nSPS) is 11.2. The summed E-state index contributed by atoms with van der Waals surface area (Å²) in [6, 6.07) is 15.2. The molecule has 5 heteroatoms. The predicted octanol–water partition coefficient (Wildman–Crippen LogP) is 4.87. The van der Waals surface area contributed by atoms with Crippen molar-refractivity contribution in [2.75, 3.05) is 0 Å². The molecule has 1 aromatic heterocycles. The summed E-state index contributed by atoms with van der Waals surface area (Å²) in [6.45, 7) is 2.01. The number of aromatic nitrogens is 1. The van der Waals surface area contributed by atoms with Gasteiger partial charge in [0.05, 0.1) is 11.9 Å². The highest BCUT2D eigenvalue weighted by Gasteiger charge is 2.12. The third kappa shape index (κ3) is 3.26. The summed E-state index contributed by atoms with van der Waals surface area (Å²) in [5.74, 6) is 0.131. The highest BCUT2D eigenvalue weighted by atomic mass is 79.9. The molecule has 0 spiro atoms. The Labute approximate surface area is 136 Å². The third-order valence-electron chi connectivity index (χ3n) is 3.10. The Morgan fingerprint density at radius 3 is 2.45 bits per heavy atom. The van der Waals surface area contributed by atoms with Crippen LogP contribution in [-0.2, 0) is 0 Å². The van der Waals surface area contributed by atoms with Crippen molar-refractivity contribution in [3.63, 3.8) is 0 Å². The van der Waals surface area contributed by atoms with E-state index in [0.29, 0.717) is 11.6 Å². The number of hydrogen-bond donors (Lipinski definition) is 1. The summed E-state index contributed by atoms with van der Waals surface area (Å²) in [6.07, 6.45) is 1.49. The molecule has 22 heavy (non-hydrogen) atoms. The Kier molecular flexibility index (Phi) is 4.06. The van der Waals surface area contributed by atoms with Gasteiger partial charge in [0.2, 0.25) is 5.89 Å². The van der Waals surface area contributed by atoms with Gasteiger partial charge in [0, 0.05) is 10.0 Å². The molecule has 110 valence electrons. The minimum Gasteiger partial charge on any atom is -0.479 e. The van der Waals surface area contributed by atoms with Crippen LogP contribution < -0.4 is 0 Å². The fourth-order valence-corrected chi connectivity index (χ4v) is 2.15. The number of aliphatic imine (C=N–C) groups is 1. The van der Waals surface area contributed by atoms with Crippen molar-refractivity contribution < 1.29 is 9.52 Å². The van der Waals surface area contributed by atoms with Crippen LogP contribution in [0.4, 0.5) is 5.69 Å². The Bertz CT molecular complexity index is 806. The molecule has 2 aromatic carbocycles. The number of halogens is 1. The molecule has 0 fully saturated rings. The van der Waals surface area contributed by atoms with Crippen LogP contribution in [0.3, 0.4) is 0 Å². The van der Waals surface area contributed by atoms with Crippen molar-refractivity contribution in [2.45, 2.75) is 6.92 Å². The quantitative estimate of drug-likeness (QED) is 0.681. The average Bonchev–Trinajstić information content (AvgIpc) is 2.88. The van der Waals surface area contributed by atoms with Gasteiger partial charge in [-0.15, -0.1) is 0 Å². The molecule has 1 N–H and O–H groups in total. The van der Waals surface area contributed by atoms with Crippen LogP contribution in [0, 0.1) is 6.92 Å². The molecule has 0 atom stereocenters. The summed E-state index contributed by atoms with van der Waals surface area (Å²) >= 11 is 3.37. The Morgan fingerprint density at radius 1 is 1.09 bits per heavy atom. The number of benzene rings is 2. The zero-order valence-corrected chi connectivity index (χ0v) is 13.4. The lowest BCUT2D eigenvalue weighted by atomic mass is 10.1. The zero-order chi connectivity index (χ0) is 15.5. The molecule has 0 radical (unpaired) electrons. The van der Waals surface area contributed by atoms with Gasteiger partial charge in [-0.1, -0.05) is 33.6 Å². The highest BCUT2D eigenvalue weighted by molar-refractivity contribution is 9.10. The largest absolute Gasteiger partial charge is 0.479 e. The molecule has 0 aliphatic heterocycles. The number of oxazole rings is 1. The van der Waals surface area contributed by atoms with Crippen LogP contribution in [0.1, 0.15) is 11.3 Å². The lowest BCUT2D eigenvalue weighted by Crippen LogP contribution is -1.83. The van der Waals surface area contributed by atoms with Crippen molar-refractivity contribution in [3.8, 4) is 17.4 Å². The van der Waals surface area contributed by atoms with E-state index in [1.54, 1.807) is 0 Å². The van der Waals surface area contributed by atoms with Crippen LogP contribution in [0.2, 0.25) is 0 Å². The van der Waals surface area contributed by atoms with E-state index < -0.39 is 0 Å². The SMILES string of the molecule is Cc1ccc(-c2nc(C=Nc3ccc(Br)cc3)c(O)o2)cc1. The summed E-state index contributed by atoms with van der Waals surface area (Å²) in [4.78, 5) is 8.54. The number of aromatic hydroxyl groups is 1. The molecule has 3 aromatic rings. The molecular weight excluding hydrogens is 344 g/mol. The van der Waals surface area contributed by atoms with Gasteiger partial charge in [-0.3, -0.25) is 4.99 Å². The molecule has 0 aliphatic carbocycles. The molecule has 0 saturated carbocycles. The second-order valence-corrected chi connectivity index (χ2v) is 5.73. The molecule has 0 bridgehead atoms. The molecular formula is C17H13BrN2O2. The van der Waals surface area contributed by atoms with Crippen LogP contribution in [-0.4, -0.2) is 16.3 Å². The topological polar surface area (TPSA) is 58.6 Å².